The van der Waals surface area contributed by atoms with E-state index >= 15 is 0 Å². The lowest BCUT2D eigenvalue weighted by molar-refractivity contribution is 0.895. The van der Waals surface area contributed by atoms with E-state index in [-0.39, 0.29) is 5.56 Å². The Hall–Kier alpha value is -0.770. The molecule has 0 aliphatic carbocycles. The van der Waals surface area contributed by atoms with Gasteiger partial charge in [0.05, 0.1) is 11.4 Å². The molecule has 0 radical (unpaired) electrons. The van der Waals surface area contributed by atoms with Crippen molar-refractivity contribution < 1.29 is 0 Å². The molecule has 78 valence electrons. The van der Waals surface area contributed by atoms with Crippen molar-refractivity contribution >= 4 is 11.8 Å². The summed E-state index contributed by atoms with van der Waals surface area (Å²) in [5, 5.41) is 0. The van der Waals surface area contributed by atoms with E-state index in [0.29, 0.717) is 0 Å². The first-order valence-electron chi connectivity index (χ1n) is 4.85. The number of rotatable bonds is 4. The lowest BCUT2D eigenvalue weighted by atomic mass is 10.2. The van der Waals surface area contributed by atoms with Crippen LogP contribution in [0.3, 0.4) is 0 Å². The third-order valence-corrected chi connectivity index (χ3v) is 2.96. The van der Waals surface area contributed by atoms with Crippen LogP contribution in [0.25, 0.3) is 0 Å². The van der Waals surface area contributed by atoms with Crippen molar-refractivity contribution in [1.82, 2.24) is 9.97 Å². The van der Waals surface area contributed by atoms with Gasteiger partial charge >= 0.3 is 0 Å². The normalized spacial score (nSPS) is 10.5. The number of hydrogen-bond donors (Lipinski definition) is 1. The number of aromatic nitrogens is 2. The van der Waals surface area contributed by atoms with Crippen LogP contribution in [0.15, 0.2) is 4.79 Å². The van der Waals surface area contributed by atoms with Gasteiger partial charge in [0.2, 0.25) is 0 Å². The molecule has 1 N–H and O–H groups in total. The summed E-state index contributed by atoms with van der Waals surface area (Å²) in [4.78, 5) is 18.7. The van der Waals surface area contributed by atoms with Gasteiger partial charge in [-0.15, -0.1) is 0 Å². The van der Waals surface area contributed by atoms with Crippen molar-refractivity contribution in [2.75, 3.05) is 5.75 Å². The van der Waals surface area contributed by atoms with Gasteiger partial charge in [-0.2, -0.15) is 11.8 Å². The summed E-state index contributed by atoms with van der Waals surface area (Å²) in [5.74, 6) is 2.63. The molecule has 0 fully saturated rings. The Morgan fingerprint density at radius 2 is 2.14 bits per heavy atom. The third kappa shape index (κ3) is 2.61. The molecule has 0 saturated carbocycles. The van der Waals surface area contributed by atoms with Crippen molar-refractivity contribution in [3.05, 3.63) is 27.4 Å². The monoisotopic (exact) mass is 212 g/mol. The largest absolute Gasteiger partial charge is 0.310 e. The van der Waals surface area contributed by atoms with E-state index in [0.717, 1.165) is 35.0 Å². The van der Waals surface area contributed by atoms with Gasteiger partial charge in [0.15, 0.2) is 0 Å². The molecule has 0 unspecified atom stereocenters. The Bertz CT molecular complexity index is 360. The summed E-state index contributed by atoms with van der Waals surface area (Å²) >= 11 is 1.76. The molecule has 1 rings (SSSR count). The Balaban J connectivity index is 2.98. The topological polar surface area (TPSA) is 45.8 Å². The van der Waals surface area contributed by atoms with E-state index in [9.17, 15) is 4.79 Å². The average Bonchev–Trinajstić information content (AvgIpc) is 2.19. The molecule has 0 bridgehead atoms. The summed E-state index contributed by atoms with van der Waals surface area (Å²) in [5.41, 5.74) is 1.67. The number of nitrogens with one attached hydrogen (secondary N) is 1. The lowest BCUT2D eigenvalue weighted by Gasteiger charge is -2.04. The zero-order valence-electron chi connectivity index (χ0n) is 8.89. The molecule has 0 aromatic carbocycles. The second-order valence-corrected chi connectivity index (χ2v) is 4.35. The van der Waals surface area contributed by atoms with Crippen LogP contribution < -0.4 is 5.56 Å². The van der Waals surface area contributed by atoms with Gasteiger partial charge in [0, 0.05) is 5.56 Å². The fourth-order valence-electron chi connectivity index (χ4n) is 1.24. The minimum Gasteiger partial charge on any atom is -0.310 e. The van der Waals surface area contributed by atoms with Crippen molar-refractivity contribution in [2.24, 2.45) is 0 Å². The molecular formula is C10H16N2OS. The van der Waals surface area contributed by atoms with Crippen LogP contribution in [0.2, 0.25) is 0 Å². The highest BCUT2D eigenvalue weighted by molar-refractivity contribution is 7.98. The van der Waals surface area contributed by atoms with Gasteiger partial charge in [0.1, 0.15) is 5.82 Å². The van der Waals surface area contributed by atoms with Crippen molar-refractivity contribution in [3.63, 3.8) is 0 Å². The Labute approximate surface area is 88.3 Å². The smallest absolute Gasteiger partial charge is 0.254 e. The molecule has 1 aromatic heterocycles. The molecule has 0 spiro atoms. The van der Waals surface area contributed by atoms with Gasteiger partial charge in [0.25, 0.3) is 5.56 Å². The Morgan fingerprint density at radius 3 is 2.71 bits per heavy atom. The molecule has 0 aliphatic rings. The zero-order valence-corrected chi connectivity index (χ0v) is 9.70. The minimum absolute atomic E-state index is 0.00329. The molecule has 1 heterocycles. The quantitative estimate of drug-likeness (QED) is 0.829. The van der Waals surface area contributed by atoms with Gasteiger partial charge in [-0.1, -0.05) is 13.8 Å². The van der Waals surface area contributed by atoms with Crippen LogP contribution in [-0.4, -0.2) is 15.7 Å². The van der Waals surface area contributed by atoms with Crippen LogP contribution in [0.5, 0.6) is 0 Å². The molecule has 0 atom stereocenters. The second-order valence-electron chi connectivity index (χ2n) is 3.08. The van der Waals surface area contributed by atoms with Gasteiger partial charge in [-0.3, -0.25) is 4.79 Å². The highest BCUT2D eigenvalue weighted by Crippen LogP contribution is 2.08. The van der Waals surface area contributed by atoms with E-state index < -0.39 is 0 Å². The highest BCUT2D eigenvalue weighted by atomic mass is 32.2. The van der Waals surface area contributed by atoms with Crippen molar-refractivity contribution in [1.29, 1.82) is 0 Å². The number of aryl methyl sites for hydroxylation is 1. The summed E-state index contributed by atoms with van der Waals surface area (Å²) < 4.78 is 0. The van der Waals surface area contributed by atoms with Crippen LogP contribution in [0.1, 0.15) is 30.9 Å². The standard InChI is InChI=1S/C10H16N2OS/c1-4-8-7(3)10(13)12-9(11-8)6-14-5-2/h4-6H2,1-3H3,(H,11,12,13). The van der Waals surface area contributed by atoms with E-state index in [1.807, 2.05) is 13.8 Å². The third-order valence-electron chi connectivity index (χ3n) is 2.08. The van der Waals surface area contributed by atoms with E-state index in [2.05, 4.69) is 16.9 Å². The average molecular weight is 212 g/mol. The predicted molar refractivity (Wildman–Crippen MR) is 60.8 cm³/mol. The maximum atomic E-state index is 11.5. The first-order chi connectivity index (χ1) is 6.69. The number of hydrogen-bond acceptors (Lipinski definition) is 3. The highest BCUT2D eigenvalue weighted by Gasteiger charge is 2.05. The molecule has 14 heavy (non-hydrogen) atoms. The van der Waals surface area contributed by atoms with E-state index in [4.69, 9.17) is 0 Å². The van der Waals surface area contributed by atoms with Crippen molar-refractivity contribution in [3.8, 4) is 0 Å². The molecule has 0 saturated heterocycles. The van der Waals surface area contributed by atoms with E-state index in [1.54, 1.807) is 11.8 Å². The summed E-state index contributed by atoms with van der Waals surface area (Å²) in [7, 11) is 0. The van der Waals surface area contributed by atoms with Crippen molar-refractivity contribution in [2.45, 2.75) is 32.9 Å². The van der Waals surface area contributed by atoms with Crippen LogP contribution in [0, 0.1) is 6.92 Å². The molecule has 0 amide bonds. The Morgan fingerprint density at radius 1 is 1.43 bits per heavy atom. The van der Waals surface area contributed by atoms with Gasteiger partial charge in [-0.25, -0.2) is 4.98 Å². The van der Waals surface area contributed by atoms with E-state index in [1.165, 1.54) is 0 Å². The maximum Gasteiger partial charge on any atom is 0.254 e. The lowest BCUT2D eigenvalue weighted by Crippen LogP contribution is -2.17. The maximum absolute atomic E-state index is 11.5. The molecular weight excluding hydrogens is 196 g/mol. The van der Waals surface area contributed by atoms with Gasteiger partial charge in [-0.05, 0) is 19.1 Å². The molecule has 3 nitrogen and oxygen atoms in total. The summed E-state index contributed by atoms with van der Waals surface area (Å²) in [6, 6.07) is 0. The molecule has 0 aliphatic heterocycles. The van der Waals surface area contributed by atoms with Crippen LogP contribution >= 0.6 is 11.8 Å². The minimum atomic E-state index is 0.00329. The predicted octanol–water partition coefficient (Wildman–Crippen LogP) is 1.89. The van der Waals surface area contributed by atoms with Crippen LogP contribution in [-0.2, 0) is 12.2 Å². The number of nitrogens with zero attached hydrogens (tertiary/aromatic N) is 1. The second kappa shape index (κ2) is 5.20. The zero-order chi connectivity index (χ0) is 10.6. The summed E-state index contributed by atoms with van der Waals surface area (Å²) in [6.07, 6.45) is 0.819. The fourth-order valence-corrected chi connectivity index (χ4v) is 1.78. The fraction of sp³-hybridized carbons (Fsp3) is 0.600. The number of thioether (sulfide) groups is 1. The molecule has 4 heteroatoms. The molecule has 1 aromatic rings. The Kier molecular flexibility index (Phi) is 4.20. The first-order valence-corrected chi connectivity index (χ1v) is 6.00. The van der Waals surface area contributed by atoms with Gasteiger partial charge < -0.3 is 4.98 Å². The van der Waals surface area contributed by atoms with Crippen LogP contribution in [0.4, 0.5) is 0 Å². The summed E-state index contributed by atoms with van der Waals surface area (Å²) in [6.45, 7) is 5.94. The number of aromatic amines is 1. The SMILES string of the molecule is CCSCc1nc(CC)c(C)c(=O)[nH]1. The number of H-pyrrole nitrogens is 1. The first kappa shape index (κ1) is 11.3.